The molecule has 0 bridgehead atoms. The molecule has 1 heterocycles. The molecule has 0 amide bonds. The summed E-state index contributed by atoms with van der Waals surface area (Å²) >= 11 is 5.68. The lowest BCUT2D eigenvalue weighted by atomic mass is 10.2. The van der Waals surface area contributed by atoms with Crippen LogP contribution in [0.4, 0.5) is 4.39 Å². The molecule has 0 aliphatic heterocycles. The minimum atomic E-state index is -0.121. The number of hydrogen-bond acceptors (Lipinski definition) is 2. The maximum absolute atomic E-state index is 13.4. The number of hydrogen-bond donors (Lipinski definition) is 1. The molecule has 0 atom stereocenters. The number of benzene rings is 1. The molecule has 0 fully saturated rings. The van der Waals surface area contributed by atoms with Crippen molar-refractivity contribution < 1.29 is 4.39 Å². The number of rotatable bonds is 0. The summed E-state index contributed by atoms with van der Waals surface area (Å²) in [5.41, 5.74) is 0.689. The molecule has 62 valence electrons. The topological polar surface area (TPSA) is 0 Å². The fourth-order valence-corrected chi connectivity index (χ4v) is 2.39. The molecule has 0 aliphatic rings. The summed E-state index contributed by atoms with van der Waals surface area (Å²) in [6, 6.07) is 5.49. The highest BCUT2D eigenvalue weighted by molar-refractivity contribution is 7.83. The molecule has 1 aromatic carbocycles. The van der Waals surface area contributed by atoms with E-state index in [1.165, 1.54) is 11.3 Å². The van der Waals surface area contributed by atoms with E-state index in [-0.39, 0.29) is 5.82 Å². The Balaban J connectivity index is 2.89. The van der Waals surface area contributed by atoms with Crippen LogP contribution in [0, 0.1) is 12.7 Å². The third kappa shape index (κ3) is 1.13. The summed E-state index contributed by atoms with van der Waals surface area (Å²) in [6.45, 7) is 1.77. The second-order valence-electron chi connectivity index (χ2n) is 2.69. The summed E-state index contributed by atoms with van der Waals surface area (Å²) < 4.78 is 15.2. The quantitative estimate of drug-likeness (QED) is 0.614. The van der Waals surface area contributed by atoms with Crippen LogP contribution >= 0.6 is 24.0 Å². The summed E-state index contributed by atoms with van der Waals surface area (Å²) in [4.78, 5) is 0. The Hall–Kier alpha value is -0.540. The lowest BCUT2D eigenvalue weighted by molar-refractivity contribution is 0.631. The van der Waals surface area contributed by atoms with Crippen molar-refractivity contribution in [1.29, 1.82) is 0 Å². The van der Waals surface area contributed by atoms with Gasteiger partial charge in [-0.2, -0.15) is 0 Å². The minimum absolute atomic E-state index is 0.121. The first-order chi connectivity index (χ1) is 5.68. The number of fused-ring (bicyclic) bond motifs is 1. The fourth-order valence-electron chi connectivity index (χ4n) is 1.17. The van der Waals surface area contributed by atoms with E-state index in [1.54, 1.807) is 19.1 Å². The molecule has 0 radical (unpaired) electrons. The molecular formula is C9H7FS2. The van der Waals surface area contributed by atoms with E-state index in [0.717, 1.165) is 8.91 Å². The van der Waals surface area contributed by atoms with Crippen molar-refractivity contribution in [3.63, 3.8) is 0 Å². The van der Waals surface area contributed by atoms with Crippen LogP contribution in [-0.4, -0.2) is 0 Å². The average Bonchev–Trinajstić information content (AvgIpc) is 2.39. The Morgan fingerprint density at radius 1 is 1.42 bits per heavy atom. The van der Waals surface area contributed by atoms with Crippen molar-refractivity contribution in [1.82, 2.24) is 0 Å². The highest BCUT2D eigenvalue weighted by Crippen LogP contribution is 2.30. The van der Waals surface area contributed by atoms with E-state index in [2.05, 4.69) is 12.6 Å². The number of thiophene rings is 1. The van der Waals surface area contributed by atoms with Gasteiger partial charge < -0.3 is 0 Å². The van der Waals surface area contributed by atoms with Crippen molar-refractivity contribution in [2.45, 2.75) is 11.1 Å². The zero-order valence-electron chi connectivity index (χ0n) is 6.47. The van der Waals surface area contributed by atoms with E-state index in [1.807, 2.05) is 6.07 Å². The van der Waals surface area contributed by atoms with Crippen molar-refractivity contribution in [2.24, 2.45) is 0 Å². The predicted molar refractivity (Wildman–Crippen MR) is 53.8 cm³/mol. The normalized spacial score (nSPS) is 10.9. The van der Waals surface area contributed by atoms with Gasteiger partial charge in [-0.15, -0.1) is 24.0 Å². The van der Waals surface area contributed by atoms with Gasteiger partial charge in [-0.1, -0.05) is 6.07 Å². The third-order valence-corrected chi connectivity index (χ3v) is 3.12. The molecule has 2 rings (SSSR count). The van der Waals surface area contributed by atoms with Gasteiger partial charge in [0.15, 0.2) is 0 Å². The standard InChI is InChI=1S/C9H7FS2/c1-5-2-3-7-6(9(5)10)4-8(11)12-7/h2-4,11H,1H3. The average molecular weight is 198 g/mol. The molecular weight excluding hydrogens is 191 g/mol. The second-order valence-corrected chi connectivity index (χ2v) is 4.56. The van der Waals surface area contributed by atoms with E-state index in [0.29, 0.717) is 10.9 Å². The predicted octanol–water partition coefficient (Wildman–Crippen LogP) is 3.64. The fraction of sp³-hybridized carbons (Fsp3) is 0.111. The Labute approximate surface area is 79.4 Å². The van der Waals surface area contributed by atoms with Gasteiger partial charge >= 0.3 is 0 Å². The van der Waals surface area contributed by atoms with Crippen LogP contribution in [-0.2, 0) is 0 Å². The number of halogens is 1. The van der Waals surface area contributed by atoms with Crippen LogP contribution in [0.2, 0.25) is 0 Å². The highest BCUT2D eigenvalue weighted by Gasteiger charge is 2.06. The summed E-state index contributed by atoms with van der Waals surface area (Å²) in [6.07, 6.45) is 0. The first-order valence-electron chi connectivity index (χ1n) is 3.56. The van der Waals surface area contributed by atoms with E-state index >= 15 is 0 Å². The molecule has 12 heavy (non-hydrogen) atoms. The zero-order valence-corrected chi connectivity index (χ0v) is 8.18. The highest BCUT2D eigenvalue weighted by atomic mass is 32.2. The molecule has 0 unspecified atom stereocenters. The molecule has 2 aromatic rings. The minimum Gasteiger partial charge on any atom is -0.206 e. The lowest BCUT2D eigenvalue weighted by Gasteiger charge is -1.95. The molecule has 0 saturated heterocycles. The van der Waals surface area contributed by atoms with Gasteiger partial charge in [-0.3, -0.25) is 0 Å². The summed E-state index contributed by atoms with van der Waals surface area (Å²) in [5.74, 6) is -0.121. The SMILES string of the molecule is Cc1ccc2sc(S)cc2c1F. The van der Waals surface area contributed by atoms with Crippen LogP contribution in [0.15, 0.2) is 22.4 Å². The Bertz CT molecular complexity index is 431. The molecule has 0 saturated carbocycles. The smallest absolute Gasteiger partial charge is 0.134 e. The van der Waals surface area contributed by atoms with Gasteiger partial charge in [0, 0.05) is 10.1 Å². The Morgan fingerprint density at radius 3 is 2.92 bits per heavy atom. The molecule has 0 nitrogen and oxygen atoms in total. The van der Waals surface area contributed by atoms with Crippen LogP contribution in [0.1, 0.15) is 5.56 Å². The maximum Gasteiger partial charge on any atom is 0.134 e. The van der Waals surface area contributed by atoms with Gasteiger partial charge in [-0.25, -0.2) is 4.39 Å². The van der Waals surface area contributed by atoms with Crippen LogP contribution < -0.4 is 0 Å². The number of aryl methyl sites for hydroxylation is 1. The van der Waals surface area contributed by atoms with Crippen molar-refractivity contribution in [3.05, 3.63) is 29.6 Å². The Morgan fingerprint density at radius 2 is 2.17 bits per heavy atom. The number of thiol groups is 1. The largest absolute Gasteiger partial charge is 0.206 e. The Kier molecular flexibility index (Phi) is 1.85. The lowest BCUT2D eigenvalue weighted by Crippen LogP contribution is -1.79. The van der Waals surface area contributed by atoms with Gasteiger partial charge in [0.2, 0.25) is 0 Å². The van der Waals surface area contributed by atoms with Crippen molar-refractivity contribution in [3.8, 4) is 0 Å². The summed E-state index contributed by atoms with van der Waals surface area (Å²) in [7, 11) is 0. The van der Waals surface area contributed by atoms with Crippen molar-refractivity contribution >= 4 is 34.1 Å². The second kappa shape index (κ2) is 2.75. The maximum atomic E-state index is 13.4. The molecule has 0 spiro atoms. The van der Waals surface area contributed by atoms with Gasteiger partial charge in [0.25, 0.3) is 0 Å². The third-order valence-electron chi connectivity index (χ3n) is 1.82. The van der Waals surface area contributed by atoms with Crippen molar-refractivity contribution in [2.75, 3.05) is 0 Å². The van der Waals surface area contributed by atoms with E-state index in [4.69, 9.17) is 0 Å². The molecule has 1 aromatic heterocycles. The van der Waals surface area contributed by atoms with E-state index in [9.17, 15) is 4.39 Å². The van der Waals surface area contributed by atoms with Crippen LogP contribution in [0.5, 0.6) is 0 Å². The van der Waals surface area contributed by atoms with Crippen LogP contribution in [0.3, 0.4) is 0 Å². The molecule has 0 N–H and O–H groups in total. The van der Waals surface area contributed by atoms with Gasteiger partial charge in [-0.05, 0) is 24.6 Å². The van der Waals surface area contributed by atoms with Gasteiger partial charge in [0.1, 0.15) is 5.82 Å². The van der Waals surface area contributed by atoms with E-state index < -0.39 is 0 Å². The molecule has 0 aliphatic carbocycles. The first kappa shape index (κ1) is 8.08. The first-order valence-corrected chi connectivity index (χ1v) is 4.82. The van der Waals surface area contributed by atoms with Gasteiger partial charge in [0.05, 0.1) is 4.21 Å². The summed E-state index contributed by atoms with van der Waals surface area (Å²) in [5, 5.41) is 0.685. The monoisotopic (exact) mass is 198 g/mol. The molecule has 3 heteroatoms. The van der Waals surface area contributed by atoms with Crippen LogP contribution in [0.25, 0.3) is 10.1 Å². The zero-order chi connectivity index (χ0) is 8.72.